The summed E-state index contributed by atoms with van der Waals surface area (Å²) in [5, 5.41) is 11.3. The first-order chi connectivity index (χ1) is 15.6. The number of nitrogens with zero attached hydrogens (tertiary/aromatic N) is 3. The fraction of sp³-hybridized carbons (Fsp3) is 0.409. The summed E-state index contributed by atoms with van der Waals surface area (Å²) in [5.41, 5.74) is 0.144. The van der Waals surface area contributed by atoms with Crippen LogP contribution in [0.4, 0.5) is 18.9 Å². The Morgan fingerprint density at radius 3 is 2.61 bits per heavy atom. The molecule has 33 heavy (non-hydrogen) atoms. The van der Waals surface area contributed by atoms with Crippen molar-refractivity contribution in [2.75, 3.05) is 11.9 Å². The number of benzene rings is 1. The molecule has 3 aromatic rings. The van der Waals surface area contributed by atoms with Crippen LogP contribution in [0.15, 0.2) is 34.9 Å². The van der Waals surface area contributed by atoms with E-state index < -0.39 is 11.9 Å². The molecular weight excluding hydrogens is 523 g/mol. The lowest BCUT2D eigenvalue weighted by Crippen LogP contribution is -2.39. The molecule has 6 nitrogen and oxygen atoms in total. The summed E-state index contributed by atoms with van der Waals surface area (Å²) in [6, 6.07) is 5.73. The van der Waals surface area contributed by atoms with Crippen molar-refractivity contribution in [1.82, 2.24) is 20.1 Å². The highest BCUT2D eigenvalue weighted by molar-refractivity contribution is 9.10. The second kappa shape index (κ2) is 9.50. The topological polar surface area (TPSA) is 71.8 Å². The highest BCUT2D eigenvalue weighted by atomic mass is 79.9. The normalized spacial score (nSPS) is 19.0. The third-order valence-electron chi connectivity index (χ3n) is 5.93. The zero-order valence-corrected chi connectivity index (χ0v) is 20.1. The minimum absolute atomic E-state index is 0.0490. The van der Waals surface area contributed by atoms with Crippen molar-refractivity contribution in [2.24, 2.45) is 13.0 Å². The first-order valence-electron chi connectivity index (χ1n) is 10.5. The van der Waals surface area contributed by atoms with Crippen molar-refractivity contribution in [2.45, 2.75) is 37.9 Å². The van der Waals surface area contributed by atoms with Gasteiger partial charge in [-0.2, -0.15) is 18.3 Å². The molecule has 176 valence electrons. The van der Waals surface area contributed by atoms with Crippen molar-refractivity contribution in [1.29, 1.82) is 0 Å². The number of fused-ring (bicyclic) bond motifs is 1. The number of nitrogens with one attached hydrogen (secondary N) is 2. The molecule has 0 spiro atoms. The Morgan fingerprint density at radius 2 is 1.97 bits per heavy atom. The molecule has 2 N–H and O–H groups in total. The van der Waals surface area contributed by atoms with E-state index in [4.69, 9.17) is 11.6 Å². The summed E-state index contributed by atoms with van der Waals surface area (Å²) in [5.74, 6) is 0.0987. The number of aryl methyl sites for hydroxylation is 1. The number of rotatable bonds is 5. The lowest BCUT2D eigenvalue weighted by atomic mass is 9.86. The van der Waals surface area contributed by atoms with Crippen LogP contribution < -0.4 is 10.6 Å². The minimum atomic E-state index is -4.54. The number of alkyl halides is 3. The summed E-state index contributed by atoms with van der Waals surface area (Å²) in [7, 11) is 1.71. The zero-order valence-electron chi connectivity index (χ0n) is 17.7. The van der Waals surface area contributed by atoms with Crippen LogP contribution in [0.25, 0.3) is 10.9 Å². The number of carbonyl (C=O) groups excluding carboxylic acids is 1. The van der Waals surface area contributed by atoms with E-state index in [1.54, 1.807) is 19.3 Å². The van der Waals surface area contributed by atoms with E-state index in [2.05, 4.69) is 36.6 Å². The molecule has 1 saturated carbocycles. The summed E-state index contributed by atoms with van der Waals surface area (Å²) in [4.78, 5) is 16.3. The fourth-order valence-electron chi connectivity index (χ4n) is 4.17. The van der Waals surface area contributed by atoms with Gasteiger partial charge < -0.3 is 10.6 Å². The Balaban J connectivity index is 1.39. The SMILES string of the molecule is Cn1ncc(Br)c1C(=O)N[C@H]1CC[C@@H](CNc2cc(C(F)(F)F)nc3ccc(Cl)cc23)CC1. The van der Waals surface area contributed by atoms with Crippen LogP contribution in [-0.2, 0) is 13.2 Å². The van der Waals surface area contributed by atoms with Gasteiger partial charge in [-0.3, -0.25) is 9.48 Å². The van der Waals surface area contributed by atoms with E-state index >= 15 is 0 Å². The van der Waals surface area contributed by atoms with Gasteiger partial charge in [-0.15, -0.1) is 0 Å². The molecule has 0 unspecified atom stereocenters. The van der Waals surface area contributed by atoms with E-state index in [-0.39, 0.29) is 23.4 Å². The molecule has 0 atom stereocenters. The lowest BCUT2D eigenvalue weighted by molar-refractivity contribution is -0.140. The first-order valence-corrected chi connectivity index (χ1v) is 11.7. The molecule has 4 rings (SSSR count). The number of carbonyl (C=O) groups is 1. The molecule has 1 aliphatic carbocycles. The van der Waals surface area contributed by atoms with Crippen LogP contribution in [0.5, 0.6) is 0 Å². The summed E-state index contributed by atoms with van der Waals surface area (Å²) >= 11 is 9.40. The molecule has 1 amide bonds. The van der Waals surface area contributed by atoms with Crippen LogP contribution >= 0.6 is 27.5 Å². The van der Waals surface area contributed by atoms with Crippen molar-refractivity contribution in [3.63, 3.8) is 0 Å². The Labute approximate surface area is 202 Å². The fourth-order valence-corrected chi connectivity index (χ4v) is 4.87. The third kappa shape index (κ3) is 5.43. The molecule has 0 radical (unpaired) electrons. The molecule has 1 aliphatic rings. The van der Waals surface area contributed by atoms with Crippen LogP contribution in [0.3, 0.4) is 0 Å². The Kier molecular flexibility index (Phi) is 6.86. The Hall–Kier alpha value is -2.33. The quantitative estimate of drug-likeness (QED) is 0.426. The number of pyridine rings is 1. The van der Waals surface area contributed by atoms with Crippen molar-refractivity contribution >= 4 is 50.0 Å². The van der Waals surface area contributed by atoms with Gasteiger partial charge in [0.15, 0.2) is 0 Å². The van der Waals surface area contributed by atoms with Crippen molar-refractivity contribution < 1.29 is 18.0 Å². The van der Waals surface area contributed by atoms with E-state index in [1.807, 2.05) is 0 Å². The minimum Gasteiger partial charge on any atom is -0.384 e. The predicted octanol–water partition coefficient (Wildman–Crippen LogP) is 5.80. The van der Waals surface area contributed by atoms with Gasteiger partial charge in [-0.05, 0) is 71.8 Å². The average molecular weight is 545 g/mol. The number of hydrogen-bond acceptors (Lipinski definition) is 4. The van der Waals surface area contributed by atoms with Gasteiger partial charge >= 0.3 is 6.18 Å². The molecular formula is C22H22BrClF3N5O. The number of anilines is 1. The average Bonchev–Trinajstić information content (AvgIpc) is 3.10. The molecule has 11 heteroatoms. The second-order valence-electron chi connectivity index (χ2n) is 8.25. The molecule has 2 heterocycles. The van der Waals surface area contributed by atoms with E-state index in [0.717, 1.165) is 31.7 Å². The van der Waals surface area contributed by atoms with Gasteiger partial charge in [0.25, 0.3) is 5.91 Å². The lowest BCUT2D eigenvalue weighted by Gasteiger charge is -2.29. The van der Waals surface area contributed by atoms with Crippen LogP contribution in [0.2, 0.25) is 5.02 Å². The van der Waals surface area contributed by atoms with E-state index in [1.165, 1.54) is 16.8 Å². The summed E-state index contributed by atoms with van der Waals surface area (Å²) in [6.07, 6.45) is 0.330. The molecule has 2 aromatic heterocycles. The summed E-state index contributed by atoms with van der Waals surface area (Å²) < 4.78 is 42.1. The third-order valence-corrected chi connectivity index (χ3v) is 6.75. The van der Waals surface area contributed by atoms with Crippen molar-refractivity contribution in [3.05, 3.63) is 51.3 Å². The smallest absolute Gasteiger partial charge is 0.384 e. The zero-order chi connectivity index (χ0) is 23.8. The largest absolute Gasteiger partial charge is 0.433 e. The maximum absolute atomic E-state index is 13.3. The number of hydrogen-bond donors (Lipinski definition) is 2. The maximum atomic E-state index is 13.3. The second-order valence-corrected chi connectivity index (χ2v) is 9.54. The number of amides is 1. The van der Waals surface area contributed by atoms with Gasteiger partial charge in [-0.25, -0.2) is 4.98 Å². The monoisotopic (exact) mass is 543 g/mol. The van der Waals surface area contributed by atoms with E-state index in [0.29, 0.717) is 32.8 Å². The highest BCUT2D eigenvalue weighted by Gasteiger charge is 2.33. The van der Waals surface area contributed by atoms with Gasteiger partial charge in [-0.1, -0.05) is 11.6 Å². The molecule has 0 bridgehead atoms. The number of halogens is 5. The highest BCUT2D eigenvalue weighted by Crippen LogP contribution is 2.34. The predicted molar refractivity (Wildman–Crippen MR) is 124 cm³/mol. The van der Waals surface area contributed by atoms with Crippen LogP contribution in [0, 0.1) is 5.92 Å². The van der Waals surface area contributed by atoms with Gasteiger partial charge in [0.05, 0.1) is 16.2 Å². The standard InChI is InChI=1S/C22H22BrClF3N5O/c1-32-20(16(23)11-29-32)21(33)30-14-5-2-12(3-6-14)10-28-18-9-19(22(25,26)27)31-17-7-4-13(24)8-15(17)18/h4,7-9,11-12,14H,2-3,5-6,10H2,1H3,(H,28,31)(H,30,33)/t12-,14+. The van der Waals surface area contributed by atoms with Crippen LogP contribution in [-0.4, -0.2) is 33.3 Å². The molecule has 1 aromatic carbocycles. The van der Waals surface area contributed by atoms with Crippen molar-refractivity contribution in [3.8, 4) is 0 Å². The summed E-state index contributed by atoms with van der Waals surface area (Å²) in [6.45, 7) is 0.525. The van der Waals surface area contributed by atoms with Crippen LogP contribution in [0.1, 0.15) is 41.9 Å². The number of aromatic nitrogens is 3. The Morgan fingerprint density at radius 1 is 1.24 bits per heavy atom. The van der Waals surface area contributed by atoms with E-state index in [9.17, 15) is 18.0 Å². The maximum Gasteiger partial charge on any atom is 0.433 e. The first kappa shape index (κ1) is 23.8. The van der Waals surface area contributed by atoms with Gasteiger partial charge in [0.2, 0.25) is 0 Å². The molecule has 0 saturated heterocycles. The van der Waals surface area contributed by atoms with Gasteiger partial charge in [0, 0.05) is 35.7 Å². The molecule has 0 aliphatic heterocycles. The van der Waals surface area contributed by atoms with Gasteiger partial charge in [0.1, 0.15) is 11.4 Å². The molecule has 1 fully saturated rings. The Bertz CT molecular complexity index is 1160.